The van der Waals surface area contributed by atoms with E-state index >= 15 is 0 Å². The van der Waals surface area contributed by atoms with Crippen molar-refractivity contribution in [2.24, 2.45) is 0 Å². The van der Waals surface area contributed by atoms with Crippen molar-refractivity contribution in [2.45, 2.75) is 257 Å². The van der Waals surface area contributed by atoms with E-state index in [9.17, 15) is 19.5 Å². The lowest BCUT2D eigenvalue weighted by atomic mass is 10.0. The molecule has 9 nitrogen and oxygen atoms in total. The standard InChI is InChI=1S/C62H109NO8/c1-6-8-10-12-14-16-18-20-22-24-26-28-30-32-34-36-38-40-42-44-46-48-50-52-59(64)69-56-58(57-70-62(61(66)67)68-55-54-63(3,4)5)71-60(65)53-51-49-47-45-43-41-39-37-35-33-31-29-27-25-23-21-19-17-15-13-11-9-7-2/h9,11,15,17-18,20-21,23-24,26-27,29,58,62H,6-8,10,12-14,16,19,22,25,28,30-57H2,1-5H3/b11-9-,17-15-,20-18-,23-21-,26-24-,29-27-. The molecule has 0 aromatic carbocycles. The van der Waals surface area contributed by atoms with Gasteiger partial charge in [0.2, 0.25) is 0 Å². The minimum Gasteiger partial charge on any atom is -0.545 e. The monoisotopic (exact) mass is 996 g/mol. The molecule has 0 spiro atoms. The van der Waals surface area contributed by atoms with E-state index in [1.807, 2.05) is 21.1 Å². The highest BCUT2D eigenvalue weighted by molar-refractivity contribution is 5.70. The van der Waals surface area contributed by atoms with Gasteiger partial charge < -0.3 is 33.3 Å². The van der Waals surface area contributed by atoms with Gasteiger partial charge in [0.15, 0.2) is 12.4 Å². The maximum atomic E-state index is 12.9. The summed E-state index contributed by atoms with van der Waals surface area (Å²) in [5.74, 6) is -2.29. The van der Waals surface area contributed by atoms with Crippen molar-refractivity contribution in [3.8, 4) is 0 Å². The number of carbonyl (C=O) groups excluding carboxylic acids is 3. The molecule has 0 aliphatic carbocycles. The Morgan fingerprint density at radius 2 is 0.803 bits per heavy atom. The number of carbonyl (C=O) groups is 3. The molecule has 0 bridgehead atoms. The largest absolute Gasteiger partial charge is 0.545 e. The Hall–Kier alpha value is -3.27. The van der Waals surface area contributed by atoms with E-state index in [1.54, 1.807) is 0 Å². The van der Waals surface area contributed by atoms with Crippen LogP contribution >= 0.6 is 0 Å². The molecule has 410 valence electrons. The second kappa shape index (κ2) is 53.0. The van der Waals surface area contributed by atoms with Crippen LogP contribution in [-0.4, -0.2) is 82.3 Å². The molecule has 0 heterocycles. The number of aliphatic carboxylic acids is 1. The maximum absolute atomic E-state index is 12.9. The normalized spacial score (nSPS) is 13.3. The number of allylic oxidation sites excluding steroid dienone is 12. The molecule has 0 amide bonds. The molecule has 2 unspecified atom stereocenters. The molecular formula is C62H109NO8. The van der Waals surface area contributed by atoms with Gasteiger partial charge >= 0.3 is 11.9 Å². The lowest BCUT2D eigenvalue weighted by molar-refractivity contribution is -0.870. The number of rotatable bonds is 53. The number of carboxylic acids is 1. The Kier molecular flexibility index (Phi) is 50.6. The van der Waals surface area contributed by atoms with Crippen LogP contribution in [0, 0.1) is 0 Å². The van der Waals surface area contributed by atoms with E-state index in [2.05, 4.69) is 86.8 Å². The predicted octanol–water partition coefficient (Wildman–Crippen LogP) is 15.7. The number of hydrogen-bond donors (Lipinski definition) is 0. The van der Waals surface area contributed by atoms with Crippen molar-refractivity contribution in [3.63, 3.8) is 0 Å². The van der Waals surface area contributed by atoms with Gasteiger partial charge in [0.1, 0.15) is 13.2 Å². The van der Waals surface area contributed by atoms with Gasteiger partial charge in [-0.3, -0.25) is 9.59 Å². The first kappa shape index (κ1) is 67.7. The van der Waals surface area contributed by atoms with E-state index in [0.29, 0.717) is 17.4 Å². The molecule has 0 aliphatic rings. The molecule has 0 rings (SSSR count). The van der Waals surface area contributed by atoms with Crippen LogP contribution in [-0.2, 0) is 33.3 Å². The van der Waals surface area contributed by atoms with Crippen LogP contribution < -0.4 is 5.11 Å². The first-order valence-electron chi connectivity index (χ1n) is 29.1. The van der Waals surface area contributed by atoms with Gasteiger partial charge in [-0.15, -0.1) is 0 Å². The molecule has 0 saturated carbocycles. The van der Waals surface area contributed by atoms with E-state index in [1.165, 1.54) is 135 Å². The van der Waals surface area contributed by atoms with Gasteiger partial charge in [-0.2, -0.15) is 0 Å². The molecule has 0 aromatic heterocycles. The van der Waals surface area contributed by atoms with Crippen molar-refractivity contribution in [3.05, 3.63) is 72.9 Å². The lowest BCUT2D eigenvalue weighted by Gasteiger charge is -2.26. The van der Waals surface area contributed by atoms with Crippen molar-refractivity contribution >= 4 is 17.9 Å². The third kappa shape index (κ3) is 54.3. The fourth-order valence-corrected chi connectivity index (χ4v) is 7.97. The average molecular weight is 997 g/mol. The van der Waals surface area contributed by atoms with Gasteiger partial charge in [-0.1, -0.05) is 222 Å². The first-order valence-corrected chi connectivity index (χ1v) is 29.1. The van der Waals surface area contributed by atoms with Gasteiger partial charge in [0.05, 0.1) is 40.3 Å². The number of quaternary nitrogens is 1. The summed E-state index contributed by atoms with van der Waals surface area (Å²) in [6, 6.07) is 0. The molecule has 0 N–H and O–H groups in total. The second-order valence-electron chi connectivity index (χ2n) is 20.5. The van der Waals surface area contributed by atoms with Gasteiger partial charge in [0, 0.05) is 12.8 Å². The number of nitrogens with zero attached hydrogens (tertiary/aromatic N) is 1. The molecule has 9 heteroatoms. The smallest absolute Gasteiger partial charge is 0.306 e. The van der Waals surface area contributed by atoms with Crippen LogP contribution in [0.15, 0.2) is 72.9 Å². The molecule has 0 radical (unpaired) electrons. The lowest BCUT2D eigenvalue weighted by Crippen LogP contribution is -2.44. The summed E-state index contributed by atoms with van der Waals surface area (Å²) in [5.41, 5.74) is 0. The van der Waals surface area contributed by atoms with Crippen LogP contribution in [0.4, 0.5) is 0 Å². The summed E-state index contributed by atoms with van der Waals surface area (Å²) in [6.45, 7) is 4.63. The average Bonchev–Trinajstić information content (AvgIpc) is 3.34. The Morgan fingerprint density at radius 1 is 0.437 bits per heavy atom. The Morgan fingerprint density at radius 3 is 1.20 bits per heavy atom. The maximum Gasteiger partial charge on any atom is 0.306 e. The fraction of sp³-hybridized carbons (Fsp3) is 0.758. The summed E-state index contributed by atoms with van der Waals surface area (Å²) >= 11 is 0. The number of ether oxygens (including phenoxy) is 4. The number of hydrogen-bond acceptors (Lipinski definition) is 8. The minimum atomic E-state index is -1.63. The number of unbranched alkanes of at least 4 members (excludes halogenated alkanes) is 26. The highest BCUT2D eigenvalue weighted by atomic mass is 16.7. The van der Waals surface area contributed by atoms with Gasteiger partial charge in [-0.05, 0) is 83.5 Å². The second-order valence-corrected chi connectivity index (χ2v) is 20.5. The van der Waals surface area contributed by atoms with E-state index in [4.69, 9.17) is 18.9 Å². The summed E-state index contributed by atoms with van der Waals surface area (Å²) in [4.78, 5) is 37.3. The van der Waals surface area contributed by atoms with Crippen molar-refractivity contribution in [2.75, 3.05) is 47.5 Å². The zero-order valence-corrected chi connectivity index (χ0v) is 46.6. The van der Waals surface area contributed by atoms with Gasteiger partial charge in [0.25, 0.3) is 0 Å². The molecule has 0 fully saturated rings. The Balaban J connectivity index is 4.26. The Bertz CT molecular complexity index is 1390. The van der Waals surface area contributed by atoms with E-state index in [-0.39, 0.29) is 38.6 Å². The van der Waals surface area contributed by atoms with Crippen molar-refractivity contribution in [1.82, 2.24) is 0 Å². The summed E-state index contributed by atoms with van der Waals surface area (Å²) in [7, 11) is 5.92. The summed E-state index contributed by atoms with van der Waals surface area (Å²) in [6.07, 6.45) is 65.1. The van der Waals surface area contributed by atoms with Crippen LogP contribution in [0.3, 0.4) is 0 Å². The van der Waals surface area contributed by atoms with Crippen LogP contribution in [0.2, 0.25) is 0 Å². The van der Waals surface area contributed by atoms with Crippen molar-refractivity contribution in [1.29, 1.82) is 0 Å². The van der Waals surface area contributed by atoms with Crippen LogP contribution in [0.5, 0.6) is 0 Å². The Labute approximate surface area is 437 Å². The van der Waals surface area contributed by atoms with Crippen LogP contribution in [0.1, 0.15) is 245 Å². The molecular weight excluding hydrogens is 887 g/mol. The molecule has 0 aliphatic heterocycles. The number of carboxylic acid groups (broad SMARTS) is 1. The zero-order chi connectivity index (χ0) is 52.0. The van der Waals surface area contributed by atoms with Crippen molar-refractivity contribution < 1.29 is 42.9 Å². The van der Waals surface area contributed by atoms with E-state index in [0.717, 1.165) is 77.0 Å². The highest BCUT2D eigenvalue weighted by Crippen LogP contribution is 2.16. The topological polar surface area (TPSA) is 111 Å². The van der Waals surface area contributed by atoms with Crippen LogP contribution in [0.25, 0.3) is 0 Å². The quantitative estimate of drug-likeness (QED) is 0.0195. The first-order chi connectivity index (χ1) is 34.6. The SMILES string of the molecule is CC/C=C\C/C=C\C/C=C\C/C=C\CCCCCCCCCCCCC(=O)OC(COC(=O)CCCCCCCCCCCCC/C=C\C/C=C\CCCCCCC)COC(OCC[N+](C)(C)C)C(=O)[O-]. The van der Waals surface area contributed by atoms with E-state index < -0.39 is 24.3 Å². The third-order valence-electron chi connectivity index (χ3n) is 12.4. The summed E-state index contributed by atoms with van der Waals surface area (Å²) < 4.78 is 22.7. The fourth-order valence-electron chi connectivity index (χ4n) is 7.97. The number of esters is 2. The molecule has 0 saturated heterocycles. The zero-order valence-electron chi connectivity index (χ0n) is 46.6. The number of likely N-dealkylation sites (N-methyl/N-ethyl adjacent to an activating group) is 1. The molecule has 0 aromatic rings. The summed E-state index contributed by atoms with van der Waals surface area (Å²) in [5, 5.41) is 11.8. The minimum absolute atomic E-state index is 0.144. The third-order valence-corrected chi connectivity index (χ3v) is 12.4. The van der Waals surface area contributed by atoms with Gasteiger partial charge in [-0.25, -0.2) is 0 Å². The molecule has 2 atom stereocenters. The molecule has 71 heavy (non-hydrogen) atoms. The predicted molar refractivity (Wildman–Crippen MR) is 297 cm³/mol. The highest BCUT2D eigenvalue weighted by Gasteiger charge is 2.22.